The second kappa shape index (κ2) is 6.59. The van der Waals surface area contributed by atoms with Crippen LogP contribution in [0.1, 0.15) is 49.3 Å². The molecule has 0 aromatic heterocycles. The maximum Gasteiger partial charge on any atom is 0.148 e. The lowest BCUT2D eigenvalue weighted by atomic mass is 9.66. The van der Waals surface area contributed by atoms with Gasteiger partial charge in [0.1, 0.15) is 5.78 Å². The van der Waals surface area contributed by atoms with Crippen molar-refractivity contribution in [2.75, 3.05) is 0 Å². The summed E-state index contributed by atoms with van der Waals surface area (Å²) in [4.78, 5) is 13.0. The summed E-state index contributed by atoms with van der Waals surface area (Å²) in [6.45, 7) is 8.06. The van der Waals surface area contributed by atoms with Gasteiger partial charge >= 0.3 is 0 Å². The van der Waals surface area contributed by atoms with Crippen LogP contribution >= 0.6 is 11.6 Å². The monoisotopic (exact) mass is 356 g/mol. The minimum atomic E-state index is -0.611. The van der Waals surface area contributed by atoms with E-state index in [0.29, 0.717) is 11.4 Å². The van der Waals surface area contributed by atoms with E-state index in [1.165, 1.54) is 0 Å². The summed E-state index contributed by atoms with van der Waals surface area (Å²) in [6.07, 6.45) is 0.783. The van der Waals surface area contributed by atoms with E-state index in [-0.39, 0.29) is 11.2 Å². The maximum atomic E-state index is 13.0. The normalized spacial score (nSPS) is 22.9. The number of benzene rings is 2. The van der Waals surface area contributed by atoms with Crippen LogP contribution in [0, 0.1) is 19.3 Å². The fraction of sp³-hybridized carbons (Fsp3) is 0.409. The predicted octanol–water partition coefficient (Wildman–Crippen LogP) is 5.46. The Bertz CT molecular complexity index is 806. The van der Waals surface area contributed by atoms with Crippen LogP contribution in [0.5, 0.6) is 0 Å². The number of hydrogen-bond acceptors (Lipinski definition) is 2. The Morgan fingerprint density at radius 3 is 2.36 bits per heavy atom. The Kier molecular flexibility index (Phi) is 4.78. The fourth-order valence-electron chi connectivity index (χ4n) is 3.89. The van der Waals surface area contributed by atoms with Gasteiger partial charge in [-0.3, -0.25) is 4.79 Å². The molecule has 0 radical (unpaired) electrons. The summed E-state index contributed by atoms with van der Waals surface area (Å²) < 4.78 is 0. The summed E-state index contributed by atoms with van der Waals surface area (Å²) in [5.41, 5.74) is 4.93. The van der Waals surface area contributed by atoms with E-state index in [2.05, 4.69) is 19.1 Å². The highest BCUT2D eigenvalue weighted by atomic mass is 35.5. The number of hydrogen-bond donors (Lipinski definition) is 1. The summed E-state index contributed by atoms with van der Waals surface area (Å²) in [7, 11) is 0. The molecule has 1 aliphatic rings. The molecule has 2 aromatic rings. The van der Waals surface area contributed by atoms with E-state index >= 15 is 0 Å². The number of aliphatic hydroxyl groups excluding tert-OH is 1. The van der Waals surface area contributed by atoms with Crippen LogP contribution in [0.3, 0.4) is 0 Å². The van der Waals surface area contributed by atoms with Gasteiger partial charge in [0.2, 0.25) is 0 Å². The molecule has 132 valence electrons. The van der Waals surface area contributed by atoms with Crippen LogP contribution in [0.2, 0.25) is 5.02 Å². The molecule has 0 aliphatic heterocycles. The molecule has 0 heterocycles. The topological polar surface area (TPSA) is 37.3 Å². The lowest BCUT2D eigenvalue weighted by molar-refractivity contribution is -0.135. The minimum absolute atomic E-state index is 0.139. The molecule has 2 nitrogen and oxygen atoms in total. The van der Waals surface area contributed by atoms with Gasteiger partial charge in [-0.1, -0.05) is 43.6 Å². The van der Waals surface area contributed by atoms with Crippen molar-refractivity contribution >= 4 is 17.4 Å². The fourth-order valence-corrected chi connectivity index (χ4v) is 4.01. The zero-order valence-electron chi connectivity index (χ0n) is 15.3. The Morgan fingerprint density at radius 2 is 1.72 bits per heavy atom. The van der Waals surface area contributed by atoms with E-state index in [4.69, 9.17) is 11.6 Å². The second-order valence-electron chi connectivity index (χ2n) is 7.86. The first-order valence-electron chi connectivity index (χ1n) is 8.80. The van der Waals surface area contributed by atoms with Gasteiger partial charge < -0.3 is 5.11 Å². The van der Waals surface area contributed by atoms with Gasteiger partial charge in [-0.15, -0.1) is 0 Å². The number of aliphatic hydroxyl groups is 1. The lowest BCUT2D eigenvalue weighted by Gasteiger charge is -2.38. The molecule has 2 unspecified atom stereocenters. The van der Waals surface area contributed by atoms with Gasteiger partial charge in [0.05, 0.1) is 12.0 Å². The number of ketones is 1. The quantitative estimate of drug-likeness (QED) is 0.776. The highest BCUT2D eigenvalue weighted by Crippen LogP contribution is 2.42. The van der Waals surface area contributed by atoms with Gasteiger partial charge in [-0.2, -0.15) is 0 Å². The Morgan fingerprint density at radius 1 is 1.08 bits per heavy atom. The van der Waals surface area contributed by atoms with Crippen molar-refractivity contribution in [3.63, 3.8) is 0 Å². The van der Waals surface area contributed by atoms with Crippen molar-refractivity contribution in [2.45, 2.75) is 52.6 Å². The van der Waals surface area contributed by atoms with Gasteiger partial charge in [-0.05, 0) is 72.7 Å². The van der Waals surface area contributed by atoms with E-state index in [1.54, 1.807) is 0 Å². The molecule has 0 amide bonds. The molecule has 3 heteroatoms. The largest absolute Gasteiger partial charge is 0.392 e. The maximum absolute atomic E-state index is 13.0. The van der Waals surface area contributed by atoms with Gasteiger partial charge in [-0.25, -0.2) is 0 Å². The molecule has 0 bridgehead atoms. The van der Waals surface area contributed by atoms with Gasteiger partial charge in [0.15, 0.2) is 0 Å². The van der Waals surface area contributed by atoms with Gasteiger partial charge in [0.25, 0.3) is 0 Å². The molecule has 25 heavy (non-hydrogen) atoms. The van der Waals surface area contributed by atoms with Crippen molar-refractivity contribution in [3.05, 3.63) is 58.1 Å². The molecular formula is C22H25ClO2. The number of aryl methyl sites for hydroxylation is 2. The standard InChI is InChI=1S/C22H25ClO2/c1-13-11-14(2)18(12-17(13)15-5-7-16(23)8-6-15)20-19(24)9-10-22(3,4)21(20)25/h5-8,11-12,19-20,24H,9-10H2,1-4H3. The van der Waals surface area contributed by atoms with Crippen molar-refractivity contribution in [3.8, 4) is 11.1 Å². The minimum Gasteiger partial charge on any atom is -0.392 e. The van der Waals surface area contributed by atoms with E-state index in [0.717, 1.165) is 34.2 Å². The predicted molar refractivity (Wildman–Crippen MR) is 103 cm³/mol. The molecule has 1 aliphatic carbocycles. The van der Waals surface area contributed by atoms with Gasteiger partial charge in [0, 0.05) is 10.4 Å². The van der Waals surface area contributed by atoms with Crippen LogP contribution < -0.4 is 0 Å². The average Bonchev–Trinajstić information content (AvgIpc) is 2.55. The highest BCUT2D eigenvalue weighted by Gasteiger charge is 2.43. The number of carbonyl (C=O) groups excluding carboxylic acids is 1. The van der Waals surface area contributed by atoms with Crippen LogP contribution in [0.25, 0.3) is 11.1 Å². The first kappa shape index (κ1) is 18.2. The first-order valence-corrected chi connectivity index (χ1v) is 9.18. The zero-order chi connectivity index (χ0) is 18.4. The van der Waals surface area contributed by atoms with Crippen LogP contribution in [-0.4, -0.2) is 17.0 Å². The number of carbonyl (C=O) groups is 1. The van der Waals surface area contributed by atoms with Crippen molar-refractivity contribution in [1.29, 1.82) is 0 Å². The lowest BCUT2D eigenvalue weighted by Crippen LogP contribution is -2.41. The molecule has 2 atom stereocenters. The molecule has 1 fully saturated rings. The molecule has 0 saturated heterocycles. The molecule has 1 N–H and O–H groups in total. The third kappa shape index (κ3) is 3.38. The third-order valence-electron chi connectivity index (χ3n) is 5.50. The van der Waals surface area contributed by atoms with Crippen LogP contribution in [-0.2, 0) is 4.79 Å². The van der Waals surface area contributed by atoms with Crippen molar-refractivity contribution in [1.82, 2.24) is 0 Å². The van der Waals surface area contributed by atoms with E-state index in [1.807, 2.05) is 45.0 Å². The Labute approximate surface area is 154 Å². The molecule has 2 aromatic carbocycles. The third-order valence-corrected chi connectivity index (χ3v) is 5.75. The van der Waals surface area contributed by atoms with Crippen LogP contribution in [0.15, 0.2) is 36.4 Å². The molecule has 0 spiro atoms. The molecular weight excluding hydrogens is 332 g/mol. The molecule has 3 rings (SSSR count). The summed E-state index contributed by atoms with van der Waals surface area (Å²) in [5, 5.41) is 11.3. The smallest absolute Gasteiger partial charge is 0.148 e. The summed E-state index contributed by atoms with van der Waals surface area (Å²) in [6, 6.07) is 11.9. The summed E-state index contributed by atoms with van der Waals surface area (Å²) >= 11 is 6.01. The molecule has 1 saturated carbocycles. The Balaban J connectivity index is 2.12. The Hall–Kier alpha value is -1.64. The number of halogens is 1. The van der Waals surface area contributed by atoms with E-state index in [9.17, 15) is 9.90 Å². The highest BCUT2D eigenvalue weighted by molar-refractivity contribution is 6.30. The first-order chi connectivity index (χ1) is 11.7. The SMILES string of the molecule is Cc1cc(C)c(C2C(=O)C(C)(C)CCC2O)cc1-c1ccc(Cl)cc1. The zero-order valence-corrected chi connectivity index (χ0v) is 16.0. The second-order valence-corrected chi connectivity index (χ2v) is 8.30. The van der Waals surface area contributed by atoms with Crippen molar-refractivity contribution < 1.29 is 9.90 Å². The number of rotatable bonds is 2. The summed E-state index contributed by atoms with van der Waals surface area (Å²) in [5.74, 6) is -0.310. The van der Waals surface area contributed by atoms with Crippen LogP contribution in [0.4, 0.5) is 0 Å². The van der Waals surface area contributed by atoms with E-state index < -0.39 is 12.0 Å². The number of Topliss-reactive ketones (excluding diaryl/α,β-unsaturated/α-hetero) is 1. The van der Waals surface area contributed by atoms with Crippen molar-refractivity contribution in [2.24, 2.45) is 5.41 Å². The average molecular weight is 357 g/mol.